The highest BCUT2D eigenvalue weighted by Crippen LogP contribution is 2.21. The summed E-state index contributed by atoms with van der Waals surface area (Å²) in [6, 6.07) is 15.6. The molecule has 0 atom stereocenters. The van der Waals surface area contributed by atoms with Crippen LogP contribution in [0.25, 0.3) is 22.4 Å². The molecule has 4 rings (SSSR count). The number of carbonyl (C=O) groups excluding carboxylic acids is 1. The highest BCUT2D eigenvalue weighted by Gasteiger charge is 2.08. The first-order valence-electron chi connectivity index (χ1n) is 8.51. The van der Waals surface area contributed by atoms with Crippen LogP contribution >= 0.6 is 0 Å². The van der Waals surface area contributed by atoms with Crippen LogP contribution in [0.2, 0.25) is 0 Å². The van der Waals surface area contributed by atoms with Crippen LogP contribution < -0.4 is 5.32 Å². The third kappa shape index (κ3) is 3.49. The Morgan fingerprint density at radius 1 is 1.15 bits per heavy atom. The van der Waals surface area contributed by atoms with E-state index in [0.29, 0.717) is 12.3 Å². The first kappa shape index (κ1) is 16.1. The van der Waals surface area contributed by atoms with E-state index in [9.17, 15) is 4.79 Å². The Hall–Kier alpha value is -3.41. The van der Waals surface area contributed by atoms with Crippen molar-refractivity contribution in [3.8, 4) is 11.5 Å². The molecule has 0 aliphatic heterocycles. The second kappa shape index (κ2) is 7.23. The molecule has 0 unspecified atom stereocenters. The minimum Gasteiger partial charge on any atom is -0.423 e. The van der Waals surface area contributed by atoms with Gasteiger partial charge in [-0.3, -0.25) is 4.79 Å². The van der Waals surface area contributed by atoms with Gasteiger partial charge in [0.15, 0.2) is 0 Å². The minimum absolute atomic E-state index is 0.00693. The third-order valence-corrected chi connectivity index (χ3v) is 4.28. The maximum absolute atomic E-state index is 12.2. The number of hydrogen-bond acceptors (Lipinski definition) is 4. The lowest BCUT2D eigenvalue weighted by Crippen LogP contribution is -2.11. The molecule has 2 aromatic carbocycles. The van der Waals surface area contributed by atoms with E-state index in [0.717, 1.165) is 29.6 Å². The zero-order valence-electron chi connectivity index (χ0n) is 14.1. The second-order valence-corrected chi connectivity index (χ2v) is 6.09. The van der Waals surface area contributed by atoms with Crippen molar-refractivity contribution < 1.29 is 9.21 Å². The lowest BCUT2D eigenvalue weighted by molar-refractivity contribution is -0.116. The van der Waals surface area contributed by atoms with E-state index in [2.05, 4.69) is 32.6 Å². The number of carbonyl (C=O) groups is 1. The molecular formula is C20H18N4O2. The van der Waals surface area contributed by atoms with E-state index in [1.165, 1.54) is 17.3 Å². The molecule has 26 heavy (non-hydrogen) atoms. The summed E-state index contributed by atoms with van der Waals surface area (Å²) in [6.07, 6.45) is 5.42. The lowest BCUT2D eigenvalue weighted by Gasteiger charge is -2.06. The van der Waals surface area contributed by atoms with Gasteiger partial charge >= 0.3 is 0 Å². The maximum Gasteiger partial charge on any atom is 0.247 e. The zero-order chi connectivity index (χ0) is 17.8. The van der Waals surface area contributed by atoms with Crippen molar-refractivity contribution in [1.29, 1.82) is 0 Å². The number of nitrogens with one attached hydrogen (secondary N) is 2. The quantitative estimate of drug-likeness (QED) is 0.548. The molecule has 6 heteroatoms. The Balaban J connectivity index is 1.34. The summed E-state index contributed by atoms with van der Waals surface area (Å²) in [6.45, 7) is 0. The van der Waals surface area contributed by atoms with Crippen molar-refractivity contribution in [3.05, 3.63) is 66.7 Å². The maximum atomic E-state index is 12.2. The first-order valence-corrected chi connectivity index (χ1v) is 8.51. The number of para-hydroxylation sites is 1. The Kier molecular flexibility index (Phi) is 4.47. The molecule has 0 saturated heterocycles. The molecule has 2 N–H and O–H groups in total. The van der Waals surface area contributed by atoms with E-state index in [1.54, 1.807) is 0 Å². The summed E-state index contributed by atoms with van der Waals surface area (Å²) in [7, 11) is 0. The standard InChI is InChI=1S/C20H18N4O2/c25-19(10-4-6-15-12-21-18-9-2-1-8-17(15)18)23-16-7-3-5-14(11-16)20-24-22-13-26-20/h1-3,5,7-9,11-13,21H,4,6,10H2,(H,23,25). The summed E-state index contributed by atoms with van der Waals surface area (Å²) in [4.78, 5) is 15.5. The van der Waals surface area contributed by atoms with Gasteiger partial charge in [0.1, 0.15) is 0 Å². The summed E-state index contributed by atoms with van der Waals surface area (Å²) >= 11 is 0. The van der Waals surface area contributed by atoms with Gasteiger partial charge < -0.3 is 14.7 Å². The average Bonchev–Trinajstić information content (AvgIpc) is 3.32. The minimum atomic E-state index is -0.00693. The number of aromatic amines is 1. The Morgan fingerprint density at radius 3 is 2.96 bits per heavy atom. The van der Waals surface area contributed by atoms with Crippen LogP contribution in [0.4, 0.5) is 5.69 Å². The van der Waals surface area contributed by atoms with E-state index in [-0.39, 0.29) is 5.91 Å². The topological polar surface area (TPSA) is 83.8 Å². The molecular weight excluding hydrogens is 328 g/mol. The Bertz CT molecular complexity index is 1020. The molecule has 0 spiro atoms. The van der Waals surface area contributed by atoms with Crippen LogP contribution in [0.3, 0.4) is 0 Å². The number of hydrogen-bond donors (Lipinski definition) is 2. The van der Waals surface area contributed by atoms with Crippen LogP contribution in [0.1, 0.15) is 18.4 Å². The summed E-state index contributed by atoms with van der Waals surface area (Å²) < 4.78 is 5.18. The van der Waals surface area contributed by atoms with Gasteiger partial charge in [0, 0.05) is 34.8 Å². The number of benzene rings is 2. The molecule has 0 saturated carbocycles. The van der Waals surface area contributed by atoms with Gasteiger partial charge in [-0.1, -0.05) is 24.3 Å². The van der Waals surface area contributed by atoms with E-state index >= 15 is 0 Å². The first-order chi connectivity index (χ1) is 12.8. The number of H-pyrrole nitrogens is 1. The van der Waals surface area contributed by atoms with E-state index < -0.39 is 0 Å². The predicted octanol–water partition coefficient (Wildman–Crippen LogP) is 4.18. The van der Waals surface area contributed by atoms with E-state index in [4.69, 9.17) is 4.42 Å². The molecule has 4 aromatic rings. The fraction of sp³-hybridized carbons (Fsp3) is 0.150. The van der Waals surface area contributed by atoms with Crippen molar-refractivity contribution in [2.24, 2.45) is 0 Å². The molecule has 0 radical (unpaired) electrons. The van der Waals surface area contributed by atoms with Crippen LogP contribution in [0.15, 0.2) is 65.5 Å². The smallest absolute Gasteiger partial charge is 0.247 e. The average molecular weight is 346 g/mol. The summed E-state index contributed by atoms with van der Waals surface area (Å²) in [5, 5.41) is 11.7. The van der Waals surface area contributed by atoms with Crippen molar-refractivity contribution >= 4 is 22.5 Å². The predicted molar refractivity (Wildman–Crippen MR) is 99.6 cm³/mol. The molecule has 2 heterocycles. The lowest BCUT2D eigenvalue weighted by atomic mass is 10.1. The van der Waals surface area contributed by atoms with Crippen molar-refractivity contribution in [2.75, 3.05) is 5.32 Å². The number of fused-ring (bicyclic) bond motifs is 1. The highest BCUT2D eigenvalue weighted by atomic mass is 16.4. The van der Waals surface area contributed by atoms with Gasteiger partial charge in [-0.2, -0.15) is 0 Å². The number of rotatable bonds is 6. The Labute approximate surface area is 150 Å². The van der Waals surface area contributed by atoms with Gasteiger partial charge in [-0.25, -0.2) is 0 Å². The van der Waals surface area contributed by atoms with Crippen molar-refractivity contribution in [3.63, 3.8) is 0 Å². The monoisotopic (exact) mass is 346 g/mol. The molecule has 0 aliphatic rings. The van der Waals surface area contributed by atoms with Crippen LogP contribution in [0, 0.1) is 0 Å². The largest absolute Gasteiger partial charge is 0.423 e. The van der Waals surface area contributed by atoms with Gasteiger partial charge in [0.05, 0.1) is 0 Å². The van der Waals surface area contributed by atoms with E-state index in [1.807, 2.05) is 42.6 Å². The van der Waals surface area contributed by atoms with Gasteiger partial charge in [-0.05, 0) is 42.7 Å². The zero-order valence-corrected chi connectivity index (χ0v) is 14.1. The number of nitrogens with zero attached hydrogens (tertiary/aromatic N) is 2. The van der Waals surface area contributed by atoms with Crippen LogP contribution in [0.5, 0.6) is 0 Å². The number of anilines is 1. The van der Waals surface area contributed by atoms with Crippen molar-refractivity contribution in [2.45, 2.75) is 19.3 Å². The fourth-order valence-corrected chi connectivity index (χ4v) is 3.03. The summed E-state index contributed by atoms with van der Waals surface area (Å²) in [5.74, 6) is 0.424. The summed E-state index contributed by atoms with van der Waals surface area (Å²) in [5.41, 5.74) is 3.87. The molecule has 0 aliphatic carbocycles. The molecule has 6 nitrogen and oxygen atoms in total. The molecule has 0 fully saturated rings. The third-order valence-electron chi connectivity index (χ3n) is 4.28. The van der Waals surface area contributed by atoms with Gasteiger partial charge in [0.25, 0.3) is 0 Å². The molecule has 1 amide bonds. The van der Waals surface area contributed by atoms with Crippen molar-refractivity contribution in [1.82, 2.24) is 15.2 Å². The SMILES string of the molecule is O=C(CCCc1c[nH]c2ccccc12)Nc1cccc(-c2nnco2)c1. The van der Waals surface area contributed by atoms with Crippen LogP contribution in [-0.2, 0) is 11.2 Å². The highest BCUT2D eigenvalue weighted by molar-refractivity contribution is 5.91. The normalized spacial score (nSPS) is 10.9. The number of aryl methyl sites for hydroxylation is 1. The van der Waals surface area contributed by atoms with Gasteiger partial charge in [0.2, 0.25) is 18.2 Å². The molecule has 2 aromatic heterocycles. The van der Waals surface area contributed by atoms with Crippen LogP contribution in [-0.4, -0.2) is 21.1 Å². The molecule has 0 bridgehead atoms. The number of amides is 1. The number of aromatic nitrogens is 3. The second-order valence-electron chi connectivity index (χ2n) is 6.09. The van der Waals surface area contributed by atoms with Gasteiger partial charge in [-0.15, -0.1) is 10.2 Å². The molecule has 130 valence electrons. The fourth-order valence-electron chi connectivity index (χ4n) is 3.03. The Morgan fingerprint density at radius 2 is 2.08 bits per heavy atom.